The fourth-order valence-corrected chi connectivity index (χ4v) is 2.18. The monoisotopic (exact) mass is 312 g/mol. The zero-order valence-corrected chi connectivity index (χ0v) is 12.4. The van der Waals surface area contributed by atoms with Crippen molar-refractivity contribution in [2.24, 2.45) is 0 Å². The molecule has 0 saturated carbocycles. The Balaban J connectivity index is 2.18. The van der Waals surface area contributed by atoms with Crippen LogP contribution in [0, 0.1) is 0 Å². The molecule has 19 heavy (non-hydrogen) atoms. The van der Waals surface area contributed by atoms with Crippen LogP contribution in [0.5, 0.6) is 0 Å². The molecule has 0 unspecified atom stereocenters. The zero-order valence-electron chi connectivity index (χ0n) is 10.1. The van der Waals surface area contributed by atoms with Crippen molar-refractivity contribution in [1.82, 2.24) is 9.97 Å². The summed E-state index contributed by atoms with van der Waals surface area (Å²) in [7, 11) is 0. The number of ketones is 1. The Labute approximate surface area is 125 Å². The summed E-state index contributed by atoms with van der Waals surface area (Å²) in [6.45, 7) is 0. The highest BCUT2D eigenvalue weighted by Crippen LogP contribution is 2.23. The fraction of sp³-hybridized carbons (Fsp3) is 0.154. The minimum atomic E-state index is -0.0516. The molecule has 0 spiro atoms. The SMILES string of the molecule is CSc1nccc(CC(=O)c2ccc(Cl)c(Cl)c2)n1. The molecule has 0 N–H and O–H groups in total. The zero-order chi connectivity index (χ0) is 13.8. The van der Waals surface area contributed by atoms with E-state index < -0.39 is 0 Å². The van der Waals surface area contributed by atoms with Crippen LogP contribution < -0.4 is 0 Å². The molecule has 0 amide bonds. The number of nitrogens with zero attached hydrogens (tertiary/aromatic N) is 2. The van der Waals surface area contributed by atoms with E-state index in [0.717, 1.165) is 0 Å². The van der Waals surface area contributed by atoms with E-state index in [1.807, 2.05) is 6.26 Å². The summed E-state index contributed by atoms with van der Waals surface area (Å²) in [4.78, 5) is 20.4. The first-order valence-electron chi connectivity index (χ1n) is 5.44. The Bertz CT molecular complexity index is 619. The highest BCUT2D eigenvalue weighted by Gasteiger charge is 2.10. The molecule has 3 nitrogen and oxygen atoms in total. The van der Waals surface area contributed by atoms with E-state index in [0.29, 0.717) is 26.5 Å². The van der Waals surface area contributed by atoms with E-state index in [2.05, 4.69) is 9.97 Å². The summed E-state index contributed by atoms with van der Waals surface area (Å²) in [6.07, 6.45) is 3.75. The average molecular weight is 313 g/mol. The molecule has 0 aliphatic heterocycles. The van der Waals surface area contributed by atoms with E-state index in [-0.39, 0.29) is 12.2 Å². The molecule has 0 saturated heterocycles. The molecule has 0 atom stereocenters. The third kappa shape index (κ3) is 3.69. The molecular weight excluding hydrogens is 303 g/mol. The van der Waals surface area contributed by atoms with E-state index in [1.54, 1.807) is 30.5 Å². The standard InChI is InChI=1S/C13H10Cl2N2OS/c1-19-13-16-5-4-9(17-13)7-12(18)8-2-3-10(14)11(15)6-8/h2-6H,7H2,1H3. The van der Waals surface area contributed by atoms with E-state index in [9.17, 15) is 4.79 Å². The number of rotatable bonds is 4. The molecule has 2 rings (SSSR count). The van der Waals surface area contributed by atoms with Gasteiger partial charge in [-0.1, -0.05) is 35.0 Å². The molecule has 0 aliphatic rings. The number of hydrogen-bond donors (Lipinski definition) is 0. The number of carbonyl (C=O) groups excluding carboxylic acids is 1. The van der Waals surface area contributed by atoms with Crippen molar-refractivity contribution in [3.8, 4) is 0 Å². The summed E-state index contributed by atoms with van der Waals surface area (Å²) in [5, 5.41) is 1.46. The molecule has 0 radical (unpaired) electrons. The lowest BCUT2D eigenvalue weighted by atomic mass is 10.1. The maximum Gasteiger partial charge on any atom is 0.187 e. The van der Waals surface area contributed by atoms with Crippen LogP contribution in [0.2, 0.25) is 10.0 Å². The summed E-state index contributed by atoms with van der Waals surface area (Å²) >= 11 is 13.2. The quantitative estimate of drug-likeness (QED) is 0.487. The lowest BCUT2D eigenvalue weighted by Crippen LogP contribution is -2.06. The molecule has 0 fully saturated rings. The Kier molecular flexibility index (Phi) is 4.80. The van der Waals surface area contributed by atoms with Crippen LogP contribution in [0.15, 0.2) is 35.6 Å². The Morgan fingerprint density at radius 2 is 2.05 bits per heavy atom. The maximum atomic E-state index is 12.1. The maximum absolute atomic E-state index is 12.1. The average Bonchev–Trinajstić information content (AvgIpc) is 2.42. The van der Waals surface area contributed by atoms with Crippen LogP contribution in [0.25, 0.3) is 0 Å². The van der Waals surface area contributed by atoms with Crippen LogP contribution >= 0.6 is 35.0 Å². The minimum Gasteiger partial charge on any atom is -0.294 e. The van der Waals surface area contributed by atoms with Crippen molar-refractivity contribution in [3.05, 3.63) is 51.8 Å². The predicted molar refractivity (Wildman–Crippen MR) is 78.3 cm³/mol. The molecule has 0 bridgehead atoms. The van der Waals surface area contributed by atoms with Crippen LogP contribution in [0.1, 0.15) is 16.1 Å². The van der Waals surface area contributed by atoms with Crippen molar-refractivity contribution in [1.29, 1.82) is 0 Å². The van der Waals surface area contributed by atoms with Crippen molar-refractivity contribution in [3.63, 3.8) is 0 Å². The molecule has 0 aliphatic carbocycles. The second-order valence-electron chi connectivity index (χ2n) is 3.76. The van der Waals surface area contributed by atoms with Gasteiger partial charge in [0.1, 0.15) is 0 Å². The first-order chi connectivity index (χ1) is 9.10. The largest absolute Gasteiger partial charge is 0.294 e. The number of hydrogen-bond acceptors (Lipinski definition) is 4. The molecular formula is C13H10Cl2N2OS. The first-order valence-corrected chi connectivity index (χ1v) is 7.42. The van der Waals surface area contributed by atoms with Crippen molar-refractivity contribution in [2.75, 3.05) is 6.26 Å². The van der Waals surface area contributed by atoms with Gasteiger partial charge in [0, 0.05) is 11.8 Å². The van der Waals surface area contributed by atoms with Crippen LogP contribution in [-0.4, -0.2) is 22.0 Å². The second-order valence-corrected chi connectivity index (χ2v) is 5.35. The van der Waals surface area contributed by atoms with Gasteiger partial charge >= 0.3 is 0 Å². The number of aromatic nitrogens is 2. The highest BCUT2D eigenvalue weighted by molar-refractivity contribution is 7.98. The van der Waals surface area contributed by atoms with Gasteiger partial charge in [0.05, 0.1) is 22.2 Å². The molecule has 1 heterocycles. The van der Waals surface area contributed by atoms with Gasteiger partial charge in [0.2, 0.25) is 0 Å². The van der Waals surface area contributed by atoms with Gasteiger partial charge in [0.25, 0.3) is 0 Å². The molecule has 1 aromatic carbocycles. The van der Waals surface area contributed by atoms with Gasteiger partial charge in [-0.15, -0.1) is 0 Å². The minimum absolute atomic E-state index is 0.0516. The van der Waals surface area contributed by atoms with Crippen molar-refractivity contribution < 1.29 is 4.79 Å². The van der Waals surface area contributed by atoms with Crippen molar-refractivity contribution in [2.45, 2.75) is 11.6 Å². The lowest BCUT2D eigenvalue weighted by Gasteiger charge is -2.03. The lowest BCUT2D eigenvalue weighted by molar-refractivity contribution is 0.0991. The third-order valence-corrected chi connectivity index (χ3v) is 3.76. The number of thioether (sulfide) groups is 1. The normalized spacial score (nSPS) is 10.5. The molecule has 98 valence electrons. The Morgan fingerprint density at radius 3 is 2.74 bits per heavy atom. The van der Waals surface area contributed by atoms with Crippen molar-refractivity contribution >= 4 is 40.7 Å². The first kappa shape index (κ1) is 14.3. The van der Waals surface area contributed by atoms with Crippen LogP contribution in [-0.2, 0) is 6.42 Å². The van der Waals surface area contributed by atoms with Gasteiger partial charge in [-0.05, 0) is 30.5 Å². The van der Waals surface area contributed by atoms with Crippen LogP contribution in [0.4, 0.5) is 0 Å². The van der Waals surface area contributed by atoms with Crippen LogP contribution in [0.3, 0.4) is 0 Å². The summed E-state index contributed by atoms with van der Waals surface area (Å²) in [5.41, 5.74) is 1.22. The molecule has 1 aromatic heterocycles. The summed E-state index contributed by atoms with van der Waals surface area (Å²) in [5.74, 6) is -0.0516. The van der Waals surface area contributed by atoms with Gasteiger partial charge in [-0.3, -0.25) is 4.79 Å². The number of benzene rings is 1. The molecule has 2 aromatic rings. The summed E-state index contributed by atoms with van der Waals surface area (Å²) in [6, 6.07) is 6.58. The van der Waals surface area contributed by atoms with E-state index in [4.69, 9.17) is 23.2 Å². The third-order valence-electron chi connectivity index (χ3n) is 2.46. The predicted octanol–water partition coefficient (Wildman–Crippen LogP) is 3.93. The number of halogens is 2. The topological polar surface area (TPSA) is 42.9 Å². The van der Waals surface area contributed by atoms with Gasteiger partial charge in [-0.25, -0.2) is 9.97 Å². The number of carbonyl (C=O) groups is 1. The molecule has 6 heteroatoms. The Hall–Kier alpha value is -1.10. The fourth-order valence-electron chi connectivity index (χ4n) is 1.51. The second kappa shape index (κ2) is 6.37. The van der Waals surface area contributed by atoms with Gasteiger partial charge < -0.3 is 0 Å². The van der Waals surface area contributed by atoms with Gasteiger partial charge in [0.15, 0.2) is 10.9 Å². The summed E-state index contributed by atoms with van der Waals surface area (Å²) < 4.78 is 0. The Morgan fingerprint density at radius 1 is 1.26 bits per heavy atom. The van der Waals surface area contributed by atoms with E-state index >= 15 is 0 Å². The highest BCUT2D eigenvalue weighted by atomic mass is 35.5. The van der Waals surface area contributed by atoms with E-state index in [1.165, 1.54) is 11.8 Å². The number of Topliss-reactive ketones (excluding diaryl/α,β-unsaturated/α-hetero) is 1. The smallest absolute Gasteiger partial charge is 0.187 e. The van der Waals surface area contributed by atoms with Gasteiger partial charge in [-0.2, -0.15) is 0 Å².